The van der Waals surface area contributed by atoms with Crippen molar-refractivity contribution < 1.29 is 13.2 Å². The fraction of sp³-hybridized carbons (Fsp3) is 0.188. The highest BCUT2D eigenvalue weighted by Crippen LogP contribution is 2.14. The number of nitrogens with two attached hydrogens (primary N) is 1. The maximum atomic E-state index is 11.8. The molecule has 0 aromatic heterocycles. The average molecular weight is 368 g/mol. The molecule has 24 heavy (non-hydrogen) atoms. The zero-order chi connectivity index (χ0) is 17.6. The van der Waals surface area contributed by atoms with Crippen molar-refractivity contribution in [3.05, 3.63) is 59.1 Å². The number of hydrogen-bond donors (Lipinski definition) is 3. The van der Waals surface area contributed by atoms with Gasteiger partial charge in [0, 0.05) is 10.7 Å². The molecule has 2 aromatic rings. The largest absolute Gasteiger partial charge is 0.325 e. The lowest BCUT2D eigenvalue weighted by Crippen LogP contribution is -2.29. The zero-order valence-corrected chi connectivity index (χ0v) is 14.4. The van der Waals surface area contributed by atoms with Crippen LogP contribution in [0.3, 0.4) is 0 Å². The maximum absolute atomic E-state index is 11.8. The van der Waals surface area contributed by atoms with Crippen LogP contribution in [0.2, 0.25) is 5.02 Å². The second-order valence-corrected chi connectivity index (χ2v) is 7.17. The van der Waals surface area contributed by atoms with Gasteiger partial charge in [-0.3, -0.25) is 4.79 Å². The van der Waals surface area contributed by atoms with Gasteiger partial charge in [0.1, 0.15) is 0 Å². The van der Waals surface area contributed by atoms with E-state index in [4.69, 9.17) is 16.7 Å². The van der Waals surface area contributed by atoms with Crippen molar-refractivity contribution in [2.45, 2.75) is 11.3 Å². The van der Waals surface area contributed by atoms with E-state index in [0.717, 1.165) is 5.56 Å². The van der Waals surface area contributed by atoms with Crippen molar-refractivity contribution in [2.24, 2.45) is 5.14 Å². The summed E-state index contributed by atoms with van der Waals surface area (Å²) in [5, 5.41) is 11.4. The summed E-state index contributed by atoms with van der Waals surface area (Å²) in [5.74, 6) is -0.165. The Kier molecular flexibility index (Phi) is 6.33. The second-order valence-electron chi connectivity index (χ2n) is 5.17. The number of halogens is 1. The van der Waals surface area contributed by atoms with Gasteiger partial charge in [-0.05, 0) is 48.9 Å². The van der Waals surface area contributed by atoms with Gasteiger partial charge in [0.25, 0.3) is 0 Å². The molecule has 6 nitrogen and oxygen atoms in total. The highest BCUT2D eigenvalue weighted by atomic mass is 35.5. The molecule has 0 atom stereocenters. The molecule has 4 N–H and O–H groups in total. The third kappa shape index (κ3) is 5.93. The third-order valence-corrected chi connectivity index (χ3v) is 4.40. The number of carbonyl (C=O) groups excluding carboxylic acids is 1. The number of sulfonamides is 1. The van der Waals surface area contributed by atoms with Crippen molar-refractivity contribution in [1.82, 2.24) is 5.32 Å². The van der Waals surface area contributed by atoms with Gasteiger partial charge in [0.15, 0.2) is 0 Å². The van der Waals surface area contributed by atoms with Crippen LogP contribution in [-0.2, 0) is 21.2 Å². The van der Waals surface area contributed by atoms with Crippen LogP contribution in [-0.4, -0.2) is 27.4 Å². The van der Waals surface area contributed by atoms with Gasteiger partial charge in [-0.2, -0.15) is 0 Å². The van der Waals surface area contributed by atoms with Crippen LogP contribution in [0, 0.1) is 0 Å². The number of nitrogens with one attached hydrogen (secondary N) is 2. The molecule has 0 aliphatic rings. The predicted octanol–water partition coefficient (Wildman–Crippen LogP) is 1.76. The van der Waals surface area contributed by atoms with Gasteiger partial charge < -0.3 is 10.6 Å². The van der Waals surface area contributed by atoms with Crippen LogP contribution in [0.15, 0.2) is 53.4 Å². The molecule has 0 bridgehead atoms. The number of anilines is 1. The normalized spacial score (nSPS) is 11.2. The number of hydrogen-bond acceptors (Lipinski definition) is 4. The van der Waals surface area contributed by atoms with Crippen LogP contribution in [0.4, 0.5) is 5.69 Å². The highest BCUT2D eigenvalue weighted by Gasteiger charge is 2.07. The Hall–Kier alpha value is -1.93. The lowest BCUT2D eigenvalue weighted by atomic mass is 10.1. The average Bonchev–Trinajstić information content (AvgIpc) is 2.51. The van der Waals surface area contributed by atoms with Crippen molar-refractivity contribution in [3.8, 4) is 0 Å². The highest BCUT2D eigenvalue weighted by molar-refractivity contribution is 7.89. The first-order valence-electron chi connectivity index (χ1n) is 7.22. The number of rotatable bonds is 7. The van der Waals surface area contributed by atoms with Crippen LogP contribution >= 0.6 is 11.6 Å². The molecule has 0 fully saturated rings. The topological polar surface area (TPSA) is 101 Å². The Labute approximate surface area is 146 Å². The van der Waals surface area contributed by atoms with Crippen molar-refractivity contribution >= 4 is 33.2 Å². The SMILES string of the molecule is NS(=O)(=O)c1ccc(CCNCC(=O)Nc2cccc(Cl)c2)cc1. The summed E-state index contributed by atoms with van der Waals surface area (Å²) < 4.78 is 22.3. The molecule has 0 spiro atoms. The van der Waals surface area contributed by atoms with E-state index in [9.17, 15) is 13.2 Å². The Balaban J connectivity index is 1.73. The van der Waals surface area contributed by atoms with E-state index in [2.05, 4.69) is 10.6 Å². The zero-order valence-electron chi connectivity index (χ0n) is 12.8. The Morgan fingerprint density at radius 2 is 1.83 bits per heavy atom. The molecule has 2 aromatic carbocycles. The maximum Gasteiger partial charge on any atom is 0.238 e. The molecule has 0 saturated heterocycles. The quantitative estimate of drug-likeness (QED) is 0.649. The Morgan fingerprint density at radius 1 is 1.12 bits per heavy atom. The summed E-state index contributed by atoms with van der Waals surface area (Å²) in [6, 6.07) is 13.3. The summed E-state index contributed by atoms with van der Waals surface area (Å²) in [6.07, 6.45) is 0.662. The fourth-order valence-electron chi connectivity index (χ4n) is 2.05. The smallest absolute Gasteiger partial charge is 0.238 e. The van der Waals surface area contributed by atoms with Gasteiger partial charge in [0.05, 0.1) is 11.4 Å². The summed E-state index contributed by atoms with van der Waals surface area (Å²) in [5.41, 5.74) is 1.60. The van der Waals surface area contributed by atoms with Crippen LogP contribution in [0.25, 0.3) is 0 Å². The Bertz CT molecular complexity index is 808. The molecule has 0 heterocycles. The van der Waals surface area contributed by atoms with Gasteiger partial charge in [0.2, 0.25) is 15.9 Å². The van der Waals surface area contributed by atoms with Crippen molar-refractivity contribution in [3.63, 3.8) is 0 Å². The first-order chi connectivity index (χ1) is 11.3. The molecule has 8 heteroatoms. The van der Waals surface area contributed by atoms with E-state index in [1.165, 1.54) is 12.1 Å². The van der Waals surface area contributed by atoms with E-state index in [-0.39, 0.29) is 17.3 Å². The van der Waals surface area contributed by atoms with Crippen molar-refractivity contribution in [2.75, 3.05) is 18.4 Å². The van der Waals surface area contributed by atoms with E-state index >= 15 is 0 Å². The van der Waals surface area contributed by atoms with E-state index < -0.39 is 10.0 Å². The van der Waals surface area contributed by atoms with Crippen LogP contribution < -0.4 is 15.8 Å². The molecule has 0 unspecified atom stereocenters. The molecule has 0 aliphatic carbocycles. The minimum absolute atomic E-state index is 0.0834. The van der Waals surface area contributed by atoms with Gasteiger partial charge in [-0.25, -0.2) is 13.6 Å². The number of benzene rings is 2. The minimum atomic E-state index is -3.67. The van der Waals surface area contributed by atoms with Gasteiger partial charge >= 0.3 is 0 Å². The fourth-order valence-corrected chi connectivity index (χ4v) is 2.76. The molecular weight excluding hydrogens is 350 g/mol. The molecule has 0 saturated carbocycles. The molecule has 1 amide bonds. The summed E-state index contributed by atoms with van der Waals surface area (Å²) in [6.45, 7) is 0.749. The summed E-state index contributed by atoms with van der Waals surface area (Å²) in [4.78, 5) is 11.9. The van der Waals surface area contributed by atoms with Crippen LogP contribution in [0.5, 0.6) is 0 Å². The molecule has 2 rings (SSSR count). The second kappa shape index (κ2) is 8.25. The van der Waals surface area contributed by atoms with E-state index in [1.807, 2.05) is 0 Å². The summed E-state index contributed by atoms with van der Waals surface area (Å²) in [7, 11) is -3.67. The predicted molar refractivity (Wildman–Crippen MR) is 94.5 cm³/mol. The van der Waals surface area contributed by atoms with Crippen LogP contribution in [0.1, 0.15) is 5.56 Å². The molecular formula is C16H18ClN3O3S. The standard InChI is InChI=1S/C16H18ClN3O3S/c17-13-2-1-3-14(10-13)20-16(21)11-19-9-8-12-4-6-15(7-5-12)24(18,22)23/h1-7,10,19H,8-9,11H2,(H,20,21)(H2,18,22,23). The van der Waals surface area contributed by atoms with Gasteiger partial charge in [-0.1, -0.05) is 29.8 Å². The van der Waals surface area contributed by atoms with E-state index in [0.29, 0.717) is 23.7 Å². The number of carbonyl (C=O) groups is 1. The molecule has 128 valence electrons. The van der Waals surface area contributed by atoms with Crippen molar-refractivity contribution in [1.29, 1.82) is 0 Å². The minimum Gasteiger partial charge on any atom is -0.325 e. The third-order valence-electron chi connectivity index (χ3n) is 3.24. The lowest BCUT2D eigenvalue weighted by molar-refractivity contribution is -0.115. The van der Waals surface area contributed by atoms with Gasteiger partial charge in [-0.15, -0.1) is 0 Å². The summed E-state index contributed by atoms with van der Waals surface area (Å²) >= 11 is 5.85. The van der Waals surface area contributed by atoms with E-state index in [1.54, 1.807) is 36.4 Å². The number of primary sulfonamides is 1. The monoisotopic (exact) mass is 367 g/mol. The lowest BCUT2D eigenvalue weighted by Gasteiger charge is -2.07. The first-order valence-corrected chi connectivity index (χ1v) is 9.15. The first kappa shape index (κ1) is 18.4. The molecule has 0 radical (unpaired) electrons. The molecule has 0 aliphatic heterocycles. The Morgan fingerprint density at radius 3 is 2.46 bits per heavy atom. The number of amides is 1.